The van der Waals surface area contributed by atoms with Crippen LogP contribution in [0.4, 0.5) is 0 Å². The molecule has 5 atom stereocenters. The molecule has 0 saturated heterocycles. The highest BCUT2D eigenvalue weighted by atomic mass is 16.2. The summed E-state index contributed by atoms with van der Waals surface area (Å²) in [6.07, 6.45) is 5.72. The Morgan fingerprint density at radius 2 is 1.82 bits per heavy atom. The summed E-state index contributed by atoms with van der Waals surface area (Å²) < 4.78 is 0. The highest BCUT2D eigenvalue weighted by molar-refractivity contribution is 5.81. The Balaban J connectivity index is 1.78. The number of hydrogen-bond donors (Lipinski definition) is 3. The molecule has 126 valence electrons. The van der Waals surface area contributed by atoms with E-state index >= 15 is 0 Å². The lowest BCUT2D eigenvalue weighted by atomic mass is 9.78. The van der Waals surface area contributed by atoms with Gasteiger partial charge in [0, 0.05) is 12.1 Å². The molecule has 22 heavy (non-hydrogen) atoms. The lowest BCUT2D eigenvalue weighted by molar-refractivity contribution is -0.886. The minimum atomic E-state index is -0.200. The van der Waals surface area contributed by atoms with Crippen LogP contribution < -0.4 is 15.5 Å². The Morgan fingerprint density at radius 1 is 1.14 bits per heavy atom. The molecule has 2 aliphatic rings. The van der Waals surface area contributed by atoms with E-state index in [9.17, 15) is 9.59 Å². The van der Waals surface area contributed by atoms with Crippen molar-refractivity contribution >= 4 is 11.8 Å². The van der Waals surface area contributed by atoms with Gasteiger partial charge < -0.3 is 15.5 Å². The van der Waals surface area contributed by atoms with Crippen molar-refractivity contribution in [3.8, 4) is 0 Å². The first-order valence-corrected chi connectivity index (χ1v) is 8.80. The van der Waals surface area contributed by atoms with Crippen molar-refractivity contribution in [2.24, 2.45) is 11.8 Å². The van der Waals surface area contributed by atoms with Gasteiger partial charge >= 0.3 is 0 Å². The van der Waals surface area contributed by atoms with Gasteiger partial charge in [0.05, 0.1) is 7.05 Å². The molecule has 2 rings (SSSR count). The summed E-state index contributed by atoms with van der Waals surface area (Å²) in [7, 11) is 1.92. The first kappa shape index (κ1) is 17.3. The molecule has 0 aromatic heterocycles. The molecule has 2 saturated carbocycles. The second-order valence-corrected chi connectivity index (χ2v) is 7.47. The monoisotopic (exact) mass is 310 g/mol. The number of rotatable bonds is 6. The predicted octanol–water partition coefficient (Wildman–Crippen LogP) is 0.109. The van der Waals surface area contributed by atoms with Crippen LogP contribution >= 0.6 is 0 Å². The van der Waals surface area contributed by atoms with Crippen molar-refractivity contribution in [3.63, 3.8) is 0 Å². The van der Waals surface area contributed by atoms with Crippen molar-refractivity contribution in [2.45, 2.75) is 71.0 Å². The largest absolute Gasteiger partial charge is 0.348 e. The lowest BCUT2D eigenvalue weighted by Gasteiger charge is -2.35. The van der Waals surface area contributed by atoms with E-state index in [1.165, 1.54) is 12.8 Å². The molecule has 2 aliphatic carbocycles. The molecule has 0 aromatic carbocycles. The van der Waals surface area contributed by atoms with Gasteiger partial charge in [0.1, 0.15) is 0 Å². The summed E-state index contributed by atoms with van der Waals surface area (Å²) in [5.41, 5.74) is 0. The van der Waals surface area contributed by atoms with Crippen LogP contribution in [0.2, 0.25) is 0 Å². The highest BCUT2D eigenvalue weighted by Crippen LogP contribution is 2.29. The maximum Gasteiger partial charge on any atom is 0.278 e. The van der Waals surface area contributed by atoms with Crippen molar-refractivity contribution in [3.05, 3.63) is 0 Å². The zero-order chi connectivity index (χ0) is 16.3. The molecule has 0 radical (unpaired) electrons. The normalized spacial score (nSPS) is 31.2. The Hall–Kier alpha value is -1.10. The number of quaternary nitrogens is 1. The van der Waals surface area contributed by atoms with Crippen molar-refractivity contribution in [1.82, 2.24) is 10.6 Å². The minimum Gasteiger partial charge on any atom is -0.348 e. The molecule has 0 spiro atoms. The van der Waals surface area contributed by atoms with Gasteiger partial charge in [0.2, 0.25) is 0 Å². The standard InChI is InChI=1S/C17H31N3O2/c1-11-6-5-7-15(12(11)2)19-17(22)13(3)20(4)10-16(21)18-14-8-9-14/h11-15H,5-10H2,1-4H3,(H,18,21)(H,19,22)/p+1/t11-,12-,13-,15+/m1/s1. The van der Waals surface area contributed by atoms with E-state index in [0.29, 0.717) is 24.4 Å². The smallest absolute Gasteiger partial charge is 0.278 e. The van der Waals surface area contributed by atoms with Crippen LogP contribution in [0, 0.1) is 11.8 Å². The molecule has 2 amide bonds. The number of carbonyl (C=O) groups is 2. The molecule has 5 nitrogen and oxygen atoms in total. The van der Waals surface area contributed by atoms with E-state index in [4.69, 9.17) is 0 Å². The van der Waals surface area contributed by atoms with Crippen LogP contribution in [-0.2, 0) is 9.59 Å². The highest BCUT2D eigenvalue weighted by Gasteiger charge is 2.32. The van der Waals surface area contributed by atoms with Crippen LogP contribution in [-0.4, -0.2) is 43.5 Å². The maximum absolute atomic E-state index is 12.5. The SMILES string of the molecule is C[C@@H]1[C@H](C)CCC[C@@H]1NC(=O)[C@@H](C)[NH+](C)CC(=O)NC1CC1. The summed E-state index contributed by atoms with van der Waals surface area (Å²) in [4.78, 5) is 25.3. The summed E-state index contributed by atoms with van der Waals surface area (Å²) in [5.74, 6) is 1.33. The second kappa shape index (κ2) is 7.44. The number of amides is 2. The molecule has 1 unspecified atom stereocenters. The first-order chi connectivity index (χ1) is 10.4. The zero-order valence-electron chi connectivity index (χ0n) is 14.4. The maximum atomic E-state index is 12.5. The summed E-state index contributed by atoms with van der Waals surface area (Å²) >= 11 is 0. The lowest BCUT2D eigenvalue weighted by Crippen LogP contribution is -3.15. The topological polar surface area (TPSA) is 62.6 Å². The van der Waals surface area contributed by atoms with Crippen LogP contribution in [0.5, 0.6) is 0 Å². The van der Waals surface area contributed by atoms with E-state index in [1.807, 2.05) is 14.0 Å². The fraction of sp³-hybridized carbons (Fsp3) is 0.882. The Labute approximate surface area is 134 Å². The third kappa shape index (κ3) is 4.70. The number of hydrogen-bond acceptors (Lipinski definition) is 2. The first-order valence-electron chi connectivity index (χ1n) is 8.80. The second-order valence-electron chi connectivity index (χ2n) is 7.47. The number of carbonyl (C=O) groups excluding carboxylic acids is 2. The molecule has 5 heteroatoms. The predicted molar refractivity (Wildman–Crippen MR) is 86.5 cm³/mol. The molecule has 3 N–H and O–H groups in total. The van der Waals surface area contributed by atoms with Crippen molar-refractivity contribution < 1.29 is 14.5 Å². The van der Waals surface area contributed by atoms with Crippen molar-refractivity contribution in [1.29, 1.82) is 0 Å². The summed E-state index contributed by atoms with van der Waals surface area (Å²) in [6.45, 7) is 6.78. The van der Waals surface area contributed by atoms with Gasteiger partial charge in [-0.05, 0) is 38.0 Å². The van der Waals surface area contributed by atoms with Crippen LogP contribution in [0.1, 0.15) is 52.9 Å². The van der Waals surface area contributed by atoms with Gasteiger partial charge in [-0.1, -0.05) is 26.7 Å². The summed E-state index contributed by atoms with van der Waals surface area (Å²) in [5, 5.41) is 6.20. The van der Waals surface area contributed by atoms with E-state index in [2.05, 4.69) is 24.5 Å². The van der Waals surface area contributed by atoms with Gasteiger partial charge in [-0.15, -0.1) is 0 Å². The van der Waals surface area contributed by atoms with Gasteiger partial charge in [-0.2, -0.15) is 0 Å². The molecule has 0 bridgehead atoms. The fourth-order valence-corrected chi connectivity index (χ4v) is 3.23. The summed E-state index contributed by atoms with van der Waals surface area (Å²) in [6, 6.07) is 0.468. The number of likely N-dealkylation sites (N-methyl/N-ethyl adjacent to an activating group) is 1. The average Bonchev–Trinajstić information content (AvgIpc) is 3.26. The van der Waals surface area contributed by atoms with Gasteiger partial charge in [0.25, 0.3) is 11.8 Å². The Kier molecular flexibility index (Phi) is 5.84. The fourth-order valence-electron chi connectivity index (χ4n) is 3.23. The van der Waals surface area contributed by atoms with E-state index in [1.54, 1.807) is 0 Å². The minimum absolute atomic E-state index is 0.0549. The quantitative estimate of drug-likeness (QED) is 0.652. The van der Waals surface area contributed by atoms with E-state index < -0.39 is 0 Å². The van der Waals surface area contributed by atoms with Crippen LogP contribution in [0.15, 0.2) is 0 Å². The Bertz CT molecular complexity index is 409. The zero-order valence-corrected chi connectivity index (χ0v) is 14.4. The van der Waals surface area contributed by atoms with Crippen LogP contribution in [0.25, 0.3) is 0 Å². The average molecular weight is 310 g/mol. The molecule has 2 fully saturated rings. The van der Waals surface area contributed by atoms with Crippen molar-refractivity contribution in [2.75, 3.05) is 13.6 Å². The molecule has 0 aromatic rings. The molecule has 0 aliphatic heterocycles. The van der Waals surface area contributed by atoms with Gasteiger partial charge in [-0.25, -0.2) is 0 Å². The van der Waals surface area contributed by atoms with Gasteiger partial charge in [0.15, 0.2) is 12.6 Å². The van der Waals surface area contributed by atoms with E-state index in [0.717, 1.165) is 24.2 Å². The van der Waals surface area contributed by atoms with E-state index in [-0.39, 0.29) is 23.9 Å². The number of nitrogens with one attached hydrogen (secondary N) is 3. The molecular weight excluding hydrogens is 278 g/mol. The third-order valence-electron chi connectivity index (χ3n) is 5.55. The van der Waals surface area contributed by atoms with Crippen LogP contribution in [0.3, 0.4) is 0 Å². The molecule has 0 heterocycles. The Morgan fingerprint density at radius 3 is 2.45 bits per heavy atom. The molecular formula is C17H32N3O2+. The van der Waals surface area contributed by atoms with Gasteiger partial charge in [-0.3, -0.25) is 9.59 Å². The third-order valence-corrected chi connectivity index (χ3v) is 5.55.